The van der Waals surface area contributed by atoms with Gasteiger partial charge < -0.3 is 9.80 Å². The third-order valence-electron chi connectivity index (χ3n) is 5.32. The lowest BCUT2D eigenvalue weighted by Gasteiger charge is -2.22. The fraction of sp³-hybridized carbons (Fsp3) is 0.318. The third-order valence-corrected chi connectivity index (χ3v) is 5.32. The lowest BCUT2D eigenvalue weighted by Crippen LogP contribution is -2.40. The van der Waals surface area contributed by atoms with Crippen LogP contribution in [-0.2, 0) is 16.1 Å². The van der Waals surface area contributed by atoms with E-state index in [-0.39, 0.29) is 11.7 Å². The van der Waals surface area contributed by atoms with Crippen LogP contribution in [0.2, 0.25) is 0 Å². The molecule has 6 nitrogen and oxygen atoms in total. The highest BCUT2D eigenvalue weighted by Crippen LogP contribution is 2.29. The molecule has 2 aliphatic heterocycles. The maximum Gasteiger partial charge on any atom is 0.274 e. The molecule has 1 unspecified atom stereocenters. The number of hydrazone groups is 1. The van der Waals surface area contributed by atoms with Crippen LogP contribution >= 0.6 is 0 Å². The Bertz CT molecular complexity index is 925. The number of Topliss-reactive ketones (excluding diaryl/α,β-unsaturated/α-hetero) is 1. The molecular formula is C22H24N4O2. The Morgan fingerprint density at radius 2 is 1.71 bits per heavy atom. The van der Waals surface area contributed by atoms with Crippen LogP contribution in [0.1, 0.15) is 18.9 Å². The fourth-order valence-electron chi connectivity index (χ4n) is 3.81. The second-order valence-corrected chi connectivity index (χ2v) is 7.38. The van der Waals surface area contributed by atoms with E-state index in [0.717, 1.165) is 30.0 Å². The number of carbonyl (C=O) groups is 2. The highest BCUT2D eigenvalue weighted by molar-refractivity contribution is 6.45. The smallest absolute Gasteiger partial charge is 0.274 e. The Hall–Kier alpha value is -2.99. The molecule has 0 bridgehead atoms. The molecule has 2 aliphatic rings. The van der Waals surface area contributed by atoms with Crippen molar-refractivity contribution in [1.82, 2.24) is 4.90 Å². The van der Waals surface area contributed by atoms with Crippen LogP contribution in [0.15, 0.2) is 59.7 Å². The van der Waals surface area contributed by atoms with Crippen molar-refractivity contribution >= 4 is 28.8 Å². The van der Waals surface area contributed by atoms with Crippen LogP contribution in [0.25, 0.3) is 0 Å². The van der Waals surface area contributed by atoms with Crippen LogP contribution in [0.3, 0.4) is 0 Å². The number of para-hydroxylation sites is 2. The first-order chi connectivity index (χ1) is 13.5. The second kappa shape index (κ2) is 7.56. The van der Waals surface area contributed by atoms with Crippen molar-refractivity contribution in [2.75, 3.05) is 30.0 Å². The number of carbonyl (C=O) groups excluding carboxylic acids is 2. The van der Waals surface area contributed by atoms with E-state index in [9.17, 15) is 9.59 Å². The van der Waals surface area contributed by atoms with E-state index >= 15 is 0 Å². The molecule has 2 heterocycles. The van der Waals surface area contributed by atoms with Gasteiger partial charge >= 0.3 is 0 Å². The standard InChI is InChI=1S/C22H24N4O2/c1-16(27)21-14-19(23-26(21)18-9-4-3-5-10-18)22(28)25-13-12-24(2)15-17-8-6-7-11-20(17)25/h3-11,21H,12-15H2,1-2H3. The minimum Gasteiger partial charge on any atom is -0.306 e. The molecule has 144 valence electrons. The highest BCUT2D eigenvalue weighted by Gasteiger charge is 2.36. The van der Waals surface area contributed by atoms with Gasteiger partial charge in [-0.1, -0.05) is 36.4 Å². The summed E-state index contributed by atoms with van der Waals surface area (Å²) in [5.74, 6) is -0.112. The molecule has 0 radical (unpaired) electrons. The molecule has 1 amide bonds. The number of nitrogens with zero attached hydrogens (tertiary/aromatic N) is 4. The number of hydrogen-bond acceptors (Lipinski definition) is 5. The molecule has 1 atom stereocenters. The van der Waals surface area contributed by atoms with E-state index in [1.807, 2.05) is 53.4 Å². The summed E-state index contributed by atoms with van der Waals surface area (Å²) in [4.78, 5) is 29.6. The number of amides is 1. The summed E-state index contributed by atoms with van der Waals surface area (Å²) in [6, 6.07) is 17.1. The lowest BCUT2D eigenvalue weighted by atomic mass is 10.1. The summed E-state index contributed by atoms with van der Waals surface area (Å²) in [6.45, 7) is 3.74. The first-order valence-electron chi connectivity index (χ1n) is 9.55. The second-order valence-electron chi connectivity index (χ2n) is 7.38. The number of likely N-dealkylation sites (N-methyl/N-ethyl adjacent to an activating group) is 1. The number of rotatable bonds is 3. The highest BCUT2D eigenvalue weighted by atomic mass is 16.2. The zero-order valence-electron chi connectivity index (χ0n) is 16.2. The average Bonchev–Trinajstić information content (AvgIpc) is 3.08. The molecule has 0 N–H and O–H groups in total. The Balaban J connectivity index is 1.67. The van der Waals surface area contributed by atoms with E-state index < -0.39 is 6.04 Å². The maximum atomic E-state index is 13.4. The van der Waals surface area contributed by atoms with Crippen molar-refractivity contribution < 1.29 is 9.59 Å². The van der Waals surface area contributed by atoms with Gasteiger partial charge in [-0.25, -0.2) is 0 Å². The van der Waals surface area contributed by atoms with Crippen LogP contribution < -0.4 is 9.91 Å². The number of hydrogen-bond donors (Lipinski definition) is 0. The van der Waals surface area contributed by atoms with Crippen molar-refractivity contribution in [1.29, 1.82) is 0 Å². The van der Waals surface area contributed by atoms with Gasteiger partial charge in [-0.05, 0) is 37.7 Å². The molecule has 2 aromatic rings. The van der Waals surface area contributed by atoms with Gasteiger partial charge in [0.25, 0.3) is 5.91 Å². The quantitative estimate of drug-likeness (QED) is 0.827. The van der Waals surface area contributed by atoms with Gasteiger partial charge in [0.2, 0.25) is 0 Å². The molecule has 6 heteroatoms. The fourth-order valence-corrected chi connectivity index (χ4v) is 3.81. The van der Waals surface area contributed by atoms with Gasteiger partial charge in [0.05, 0.1) is 5.69 Å². The Morgan fingerprint density at radius 1 is 1.00 bits per heavy atom. The Kier molecular flexibility index (Phi) is 4.96. The maximum absolute atomic E-state index is 13.4. The molecule has 0 aliphatic carbocycles. The molecule has 28 heavy (non-hydrogen) atoms. The van der Waals surface area contributed by atoms with E-state index in [2.05, 4.69) is 23.1 Å². The van der Waals surface area contributed by atoms with Crippen molar-refractivity contribution in [2.45, 2.75) is 25.9 Å². The van der Waals surface area contributed by atoms with Crippen molar-refractivity contribution in [3.63, 3.8) is 0 Å². The van der Waals surface area contributed by atoms with E-state index in [1.54, 1.807) is 11.9 Å². The Morgan fingerprint density at radius 3 is 2.46 bits per heavy atom. The number of anilines is 2. The summed E-state index contributed by atoms with van der Waals surface area (Å²) in [5, 5.41) is 6.27. The van der Waals surface area contributed by atoms with Crippen molar-refractivity contribution in [3.05, 3.63) is 60.2 Å². The van der Waals surface area contributed by atoms with Crippen LogP contribution in [0.4, 0.5) is 11.4 Å². The summed E-state index contributed by atoms with van der Waals surface area (Å²) in [5.41, 5.74) is 3.31. The minimum absolute atomic E-state index is 0.00593. The Labute approximate surface area is 165 Å². The molecule has 0 spiro atoms. The molecule has 0 saturated heterocycles. The molecule has 0 aromatic heterocycles. The van der Waals surface area contributed by atoms with Gasteiger partial charge in [0.15, 0.2) is 5.78 Å². The van der Waals surface area contributed by atoms with E-state index in [1.165, 1.54) is 0 Å². The largest absolute Gasteiger partial charge is 0.306 e. The average molecular weight is 376 g/mol. The lowest BCUT2D eigenvalue weighted by molar-refractivity contribution is -0.118. The van der Waals surface area contributed by atoms with Crippen LogP contribution in [-0.4, -0.2) is 48.5 Å². The molecule has 4 rings (SSSR count). The number of fused-ring (bicyclic) bond motifs is 1. The van der Waals surface area contributed by atoms with E-state index in [0.29, 0.717) is 18.7 Å². The number of ketones is 1. The summed E-state index contributed by atoms with van der Waals surface area (Å²) >= 11 is 0. The summed E-state index contributed by atoms with van der Waals surface area (Å²) < 4.78 is 0. The van der Waals surface area contributed by atoms with Crippen molar-refractivity contribution in [2.24, 2.45) is 5.10 Å². The van der Waals surface area contributed by atoms with E-state index in [4.69, 9.17) is 0 Å². The zero-order chi connectivity index (χ0) is 19.7. The molecular weight excluding hydrogens is 352 g/mol. The monoisotopic (exact) mass is 376 g/mol. The van der Waals surface area contributed by atoms with Gasteiger partial charge in [-0.15, -0.1) is 0 Å². The van der Waals surface area contributed by atoms with Crippen LogP contribution in [0, 0.1) is 0 Å². The first kappa shape index (κ1) is 18.4. The van der Waals surface area contributed by atoms with Gasteiger partial charge in [0, 0.05) is 31.7 Å². The van der Waals surface area contributed by atoms with Gasteiger partial charge in [0.1, 0.15) is 11.8 Å². The summed E-state index contributed by atoms with van der Waals surface area (Å²) in [6.07, 6.45) is 0.331. The first-order valence-corrected chi connectivity index (χ1v) is 9.55. The van der Waals surface area contributed by atoms with Crippen LogP contribution in [0.5, 0.6) is 0 Å². The predicted octanol–water partition coefficient (Wildman–Crippen LogP) is 2.69. The normalized spacial score (nSPS) is 19.8. The number of benzene rings is 2. The minimum atomic E-state index is -0.439. The molecule has 0 fully saturated rings. The molecule has 2 aromatic carbocycles. The topological polar surface area (TPSA) is 56.2 Å². The van der Waals surface area contributed by atoms with Gasteiger partial charge in [-0.3, -0.25) is 14.6 Å². The third kappa shape index (κ3) is 3.43. The molecule has 0 saturated carbocycles. The van der Waals surface area contributed by atoms with Crippen molar-refractivity contribution in [3.8, 4) is 0 Å². The van der Waals surface area contributed by atoms with Gasteiger partial charge in [-0.2, -0.15) is 5.10 Å². The SMILES string of the molecule is CC(=O)C1CC(C(=O)N2CCN(C)Cc3ccccc32)=NN1c1ccccc1. The summed E-state index contributed by atoms with van der Waals surface area (Å²) in [7, 11) is 2.06. The zero-order valence-corrected chi connectivity index (χ0v) is 16.2. The predicted molar refractivity (Wildman–Crippen MR) is 111 cm³/mol.